The lowest BCUT2D eigenvalue weighted by atomic mass is 9.89. The van der Waals surface area contributed by atoms with Crippen LogP contribution < -0.4 is 0 Å². The van der Waals surface area contributed by atoms with Gasteiger partial charge in [0, 0.05) is 11.1 Å². The van der Waals surface area contributed by atoms with Gasteiger partial charge in [0.2, 0.25) is 0 Å². The van der Waals surface area contributed by atoms with E-state index in [-0.39, 0.29) is 5.41 Å². The molecular formula is C13H21NO. The van der Waals surface area contributed by atoms with Crippen molar-refractivity contribution in [2.45, 2.75) is 52.6 Å². The molecule has 0 aliphatic carbocycles. The minimum atomic E-state index is -0.869. The predicted octanol–water partition coefficient (Wildman–Crippen LogP) is 2.91. The quantitative estimate of drug-likeness (QED) is 0.768. The average Bonchev–Trinajstić information content (AvgIpc) is 1.99. The molecule has 1 aromatic heterocycles. The lowest BCUT2D eigenvalue weighted by molar-refractivity contribution is 0.0733. The number of pyridine rings is 1. The number of nitrogens with zero attached hydrogens (tertiary/aromatic N) is 1. The summed E-state index contributed by atoms with van der Waals surface area (Å²) < 4.78 is 0. The van der Waals surface area contributed by atoms with E-state index in [0.717, 1.165) is 17.0 Å². The predicted molar refractivity (Wildman–Crippen MR) is 62.9 cm³/mol. The molecule has 84 valence electrons. The van der Waals surface area contributed by atoms with Gasteiger partial charge in [-0.15, -0.1) is 0 Å². The van der Waals surface area contributed by atoms with Gasteiger partial charge in [-0.1, -0.05) is 20.8 Å². The number of hydrogen-bond acceptors (Lipinski definition) is 2. The van der Waals surface area contributed by atoms with E-state index in [9.17, 15) is 5.11 Å². The highest BCUT2D eigenvalue weighted by molar-refractivity contribution is 5.26. The Bertz CT molecular complexity index is 324. The van der Waals surface area contributed by atoms with E-state index in [1.54, 1.807) is 13.8 Å². The summed E-state index contributed by atoms with van der Waals surface area (Å²) in [6, 6.07) is 4.02. The molecule has 1 aromatic rings. The minimum Gasteiger partial charge on any atom is -0.384 e. The third kappa shape index (κ3) is 3.03. The van der Waals surface area contributed by atoms with Crippen molar-refractivity contribution in [1.82, 2.24) is 4.98 Å². The van der Waals surface area contributed by atoms with Gasteiger partial charge < -0.3 is 5.11 Å². The third-order valence-electron chi connectivity index (χ3n) is 2.36. The van der Waals surface area contributed by atoms with Gasteiger partial charge in [-0.25, -0.2) is 0 Å². The number of rotatable bonds is 1. The number of aromatic nitrogens is 1. The first-order valence-electron chi connectivity index (χ1n) is 5.33. The van der Waals surface area contributed by atoms with Crippen LogP contribution in [0.5, 0.6) is 0 Å². The minimum absolute atomic E-state index is 0.0199. The molecule has 0 saturated carbocycles. The molecule has 2 nitrogen and oxygen atoms in total. The van der Waals surface area contributed by atoms with Crippen LogP contribution in [0.3, 0.4) is 0 Å². The molecule has 0 bridgehead atoms. The standard InChI is InChI=1S/C13H21NO/c1-9-7-10(12(2,3)4)14-11(8-9)13(5,6)15/h7-8,15H,1-6H3. The Hall–Kier alpha value is -0.890. The summed E-state index contributed by atoms with van der Waals surface area (Å²) in [6.45, 7) is 11.9. The van der Waals surface area contributed by atoms with E-state index < -0.39 is 5.60 Å². The van der Waals surface area contributed by atoms with E-state index in [4.69, 9.17) is 0 Å². The highest BCUT2D eigenvalue weighted by atomic mass is 16.3. The normalized spacial score (nSPS) is 13.0. The first kappa shape index (κ1) is 12.2. The monoisotopic (exact) mass is 207 g/mol. The number of aryl methyl sites for hydroxylation is 1. The van der Waals surface area contributed by atoms with Gasteiger partial charge in [0.05, 0.1) is 5.69 Å². The van der Waals surface area contributed by atoms with Crippen molar-refractivity contribution in [2.75, 3.05) is 0 Å². The number of hydrogen-bond donors (Lipinski definition) is 1. The molecule has 0 fully saturated rings. The van der Waals surface area contributed by atoms with Crippen molar-refractivity contribution in [3.05, 3.63) is 29.1 Å². The van der Waals surface area contributed by atoms with Gasteiger partial charge in [0.25, 0.3) is 0 Å². The fraction of sp³-hybridized carbons (Fsp3) is 0.615. The van der Waals surface area contributed by atoms with Crippen LogP contribution in [0.1, 0.15) is 51.6 Å². The van der Waals surface area contributed by atoms with Crippen LogP contribution in [-0.4, -0.2) is 10.1 Å². The first-order chi connectivity index (χ1) is 6.60. The first-order valence-corrected chi connectivity index (χ1v) is 5.33. The molecule has 0 aliphatic rings. The van der Waals surface area contributed by atoms with Crippen molar-refractivity contribution >= 4 is 0 Å². The lowest BCUT2D eigenvalue weighted by Crippen LogP contribution is -2.22. The SMILES string of the molecule is Cc1cc(C(C)(C)C)nc(C(C)(C)O)c1. The Balaban J connectivity index is 3.30. The van der Waals surface area contributed by atoms with Crippen molar-refractivity contribution in [1.29, 1.82) is 0 Å². The summed E-state index contributed by atoms with van der Waals surface area (Å²) in [7, 11) is 0. The Morgan fingerprint density at radius 2 is 1.47 bits per heavy atom. The van der Waals surface area contributed by atoms with Crippen LogP contribution in [0.25, 0.3) is 0 Å². The van der Waals surface area contributed by atoms with Crippen LogP contribution in [0.15, 0.2) is 12.1 Å². The molecule has 0 amide bonds. The lowest BCUT2D eigenvalue weighted by Gasteiger charge is -2.23. The average molecular weight is 207 g/mol. The number of aliphatic hydroxyl groups is 1. The van der Waals surface area contributed by atoms with Crippen LogP contribution in [0, 0.1) is 6.92 Å². The van der Waals surface area contributed by atoms with Crippen molar-refractivity contribution in [3.8, 4) is 0 Å². The second kappa shape index (κ2) is 3.60. The van der Waals surface area contributed by atoms with E-state index >= 15 is 0 Å². The maximum Gasteiger partial charge on any atom is 0.101 e. The van der Waals surface area contributed by atoms with Crippen LogP contribution >= 0.6 is 0 Å². The maximum atomic E-state index is 9.94. The summed E-state index contributed by atoms with van der Waals surface area (Å²) in [6.07, 6.45) is 0. The van der Waals surface area contributed by atoms with E-state index in [1.807, 2.05) is 13.0 Å². The third-order valence-corrected chi connectivity index (χ3v) is 2.36. The van der Waals surface area contributed by atoms with Crippen LogP contribution in [0.4, 0.5) is 0 Å². The molecule has 2 heteroatoms. The molecular weight excluding hydrogens is 186 g/mol. The molecule has 0 radical (unpaired) electrons. The topological polar surface area (TPSA) is 33.1 Å². The molecule has 1 rings (SSSR count). The smallest absolute Gasteiger partial charge is 0.101 e. The second-order valence-electron chi connectivity index (χ2n) is 5.72. The molecule has 0 spiro atoms. The second-order valence-corrected chi connectivity index (χ2v) is 5.72. The fourth-order valence-corrected chi connectivity index (χ4v) is 1.36. The van der Waals surface area contributed by atoms with E-state index in [0.29, 0.717) is 0 Å². The van der Waals surface area contributed by atoms with Gasteiger partial charge in [0.1, 0.15) is 5.60 Å². The van der Waals surface area contributed by atoms with Crippen molar-refractivity contribution in [3.63, 3.8) is 0 Å². The molecule has 1 heterocycles. The Morgan fingerprint density at radius 3 is 1.87 bits per heavy atom. The van der Waals surface area contributed by atoms with Gasteiger partial charge >= 0.3 is 0 Å². The molecule has 0 unspecified atom stereocenters. The molecule has 1 N–H and O–H groups in total. The van der Waals surface area contributed by atoms with Crippen molar-refractivity contribution < 1.29 is 5.11 Å². The largest absolute Gasteiger partial charge is 0.384 e. The molecule has 0 aromatic carbocycles. The summed E-state index contributed by atoms with van der Waals surface area (Å²) in [5, 5.41) is 9.94. The summed E-state index contributed by atoms with van der Waals surface area (Å²) in [5.41, 5.74) is 2.07. The highest BCUT2D eigenvalue weighted by Gasteiger charge is 2.22. The molecule has 15 heavy (non-hydrogen) atoms. The molecule has 0 saturated heterocycles. The Morgan fingerprint density at radius 1 is 1.00 bits per heavy atom. The highest BCUT2D eigenvalue weighted by Crippen LogP contribution is 2.25. The zero-order valence-electron chi connectivity index (χ0n) is 10.5. The van der Waals surface area contributed by atoms with Gasteiger partial charge in [-0.3, -0.25) is 4.98 Å². The Kier molecular flexibility index (Phi) is 2.92. The summed E-state index contributed by atoms with van der Waals surface area (Å²) >= 11 is 0. The van der Waals surface area contributed by atoms with Crippen LogP contribution in [-0.2, 0) is 11.0 Å². The van der Waals surface area contributed by atoms with E-state index in [1.165, 1.54) is 0 Å². The van der Waals surface area contributed by atoms with Gasteiger partial charge in [-0.05, 0) is 38.5 Å². The zero-order valence-corrected chi connectivity index (χ0v) is 10.5. The van der Waals surface area contributed by atoms with E-state index in [2.05, 4.69) is 31.8 Å². The fourth-order valence-electron chi connectivity index (χ4n) is 1.36. The maximum absolute atomic E-state index is 9.94. The summed E-state index contributed by atoms with van der Waals surface area (Å²) in [4.78, 5) is 4.53. The Labute approximate surface area is 92.4 Å². The molecule has 0 atom stereocenters. The molecule has 0 aliphatic heterocycles. The van der Waals surface area contributed by atoms with Gasteiger partial charge in [0.15, 0.2) is 0 Å². The summed E-state index contributed by atoms with van der Waals surface area (Å²) in [5.74, 6) is 0. The zero-order chi connectivity index (χ0) is 11.9. The van der Waals surface area contributed by atoms with Gasteiger partial charge in [-0.2, -0.15) is 0 Å². The van der Waals surface area contributed by atoms with Crippen LogP contribution in [0.2, 0.25) is 0 Å². The van der Waals surface area contributed by atoms with Crippen molar-refractivity contribution in [2.24, 2.45) is 0 Å².